The third-order valence-corrected chi connectivity index (χ3v) is 4.47. The third-order valence-electron chi connectivity index (χ3n) is 4.47. The monoisotopic (exact) mass is 249 g/mol. The Labute approximate surface area is 109 Å². The second-order valence-corrected chi connectivity index (χ2v) is 6.14. The molecule has 1 saturated heterocycles. The Morgan fingerprint density at radius 1 is 1.50 bits per heavy atom. The zero-order valence-corrected chi connectivity index (χ0v) is 11.3. The molecule has 1 aromatic rings. The number of imidazole rings is 1. The van der Waals surface area contributed by atoms with Crippen LogP contribution in [0.2, 0.25) is 0 Å². The quantitative estimate of drug-likeness (QED) is 0.875. The molecule has 0 amide bonds. The Hall–Kier alpha value is -0.870. The molecule has 4 heteroatoms. The summed E-state index contributed by atoms with van der Waals surface area (Å²) in [6, 6.07) is 1.28. The first kappa shape index (κ1) is 12.2. The summed E-state index contributed by atoms with van der Waals surface area (Å²) in [7, 11) is 2.01. The molecule has 0 spiro atoms. The highest BCUT2D eigenvalue weighted by atomic mass is 16.3. The van der Waals surface area contributed by atoms with E-state index in [1.165, 1.54) is 12.8 Å². The highest BCUT2D eigenvalue weighted by Crippen LogP contribution is 2.38. The maximum absolute atomic E-state index is 10.7. The van der Waals surface area contributed by atoms with Gasteiger partial charge in [-0.05, 0) is 32.6 Å². The van der Waals surface area contributed by atoms with Crippen molar-refractivity contribution >= 4 is 0 Å². The number of aryl methyl sites for hydroxylation is 2. The first-order valence-corrected chi connectivity index (χ1v) is 7.02. The summed E-state index contributed by atoms with van der Waals surface area (Å²) in [5.74, 6) is 1.07. The molecular weight excluding hydrogens is 226 g/mol. The molecule has 100 valence electrons. The highest BCUT2D eigenvalue weighted by molar-refractivity contribution is 5.02. The second-order valence-electron chi connectivity index (χ2n) is 6.14. The Balaban J connectivity index is 1.60. The minimum atomic E-state index is -0.506. The van der Waals surface area contributed by atoms with Gasteiger partial charge in [0.2, 0.25) is 0 Å². The lowest BCUT2D eigenvalue weighted by Gasteiger charge is -2.23. The van der Waals surface area contributed by atoms with E-state index in [-0.39, 0.29) is 0 Å². The molecule has 1 aliphatic carbocycles. The lowest BCUT2D eigenvalue weighted by molar-refractivity contribution is 0.0393. The van der Waals surface area contributed by atoms with Crippen LogP contribution >= 0.6 is 0 Å². The molecule has 4 nitrogen and oxygen atoms in total. The summed E-state index contributed by atoms with van der Waals surface area (Å²) >= 11 is 0. The maximum Gasteiger partial charge on any atom is 0.108 e. The molecule has 1 aromatic heterocycles. The fraction of sp³-hybridized carbons (Fsp3) is 0.786. The van der Waals surface area contributed by atoms with Crippen molar-refractivity contribution in [2.75, 3.05) is 6.54 Å². The molecule has 2 atom stereocenters. The average Bonchev–Trinajstić information content (AvgIpc) is 3.01. The summed E-state index contributed by atoms with van der Waals surface area (Å²) in [6.45, 7) is 3.10. The van der Waals surface area contributed by atoms with Crippen LogP contribution in [0, 0.1) is 0 Å². The molecule has 0 radical (unpaired) electrons. The van der Waals surface area contributed by atoms with Gasteiger partial charge in [-0.3, -0.25) is 4.90 Å². The van der Waals surface area contributed by atoms with E-state index in [0.717, 1.165) is 37.7 Å². The third kappa shape index (κ3) is 2.31. The van der Waals surface area contributed by atoms with Crippen LogP contribution in [0.5, 0.6) is 0 Å². The number of hydrogen-bond donors (Lipinski definition) is 1. The van der Waals surface area contributed by atoms with Gasteiger partial charge in [0.15, 0.2) is 0 Å². The lowest BCUT2D eigenvalue weighted by Crippen LogP contribution is -2.35. The Morgan fingerprint density at radius 2 is 2.28 bits per heavy atom. The van der Waals surface area contributed by atoms with Crippen LogP contribution in [0.1, 0.15) is 38.4 Å². The van der Waals surface area contributed by atoms with E-state index in [1.807, 2.05) is 24.0 Å². The van der Waals surface area contributed by atoms with Gasteiger partial charge >= 0.3 is 0 Å². The summed E-state index contributed by atoms with van der Waals surface area (Å²) in [5, 5.41) is 10.7. The zero-order valence-electron chi connectivity index (χ0n) is 11.3. The molecule has 1 N–H and O–H groups in total. The van der Waals surface area contributed by atoms with Crippen molar-refractivity contribution in [3.05, 3.63) is 18.2 Å². The lowest BCUT2D eigenvalue weighted by atomic mass is 9.95. The van der Waals surface area contributed by atoms with Crippen molar-refractivity contribution in [3.63, 3.8) is 0 Å². The van der Waals surface area contributed by atoms with Crippen LogP contribution in [0.15, 0.2) is 12.4 Å². The van der Waals surface area contributed by atoms with Gasteiger partial charge in [0.25, 0.3) is 0 Å². The van der Waals surface area contributed by atoms with Crippen LogP contribution < -0.4 is 0 Å². The van der Waals surface area contributed by atoms with Gasteiger partial charge in [0.1, 0.15) is 5.82 Å². The van der Waals surface area contributed by atoms with Gasteiger partial charge in [0.05, 0.1) is 5.60 Å². The molecule has 18 heavy (non-hydrogen) atoms. The number of aliphatic hydroxyl groups is 1. The predicted octanol–water partition coefficient (Wildman–Crippen LogP) is 1.34. The van der Waals surface area contributed by atoms with Crippen molar-refractivity contribution < 1.29 is 5.11 Å². The number of β-amino-alcohol motifs (C(OH)–C–C–N with tert-alkyl or cyclic N) is 1. The Morgan fingerprint density at radius 3 is 2.89 bits per heavy atom. The average molecular weight is 249 g/mol. The van der Waals surface area contributed by atoms with Gasteiger partial charge in [-0.1, -0.05) is 0 Å². The Bertz CT molecular complexity index is 426. The minimum absolute atomic E-state index is 0.506. The standard InChI is InChI=1S/C14H23N3O/c1-11-9-14(18,10-17(11)12-3-4-12)6-5-13-15-7-8-16(13)2/h7-8,11-12,18H,3-6,9-10H2,1-2H3. The molecule has 0 bridgehead atoms. The van der Waals surface area contributed by atoms with Gasteiger partial charge in [-0.2, -0.15) is 0 Å². The van der Waals surface area contributed by atoms with E-state index in [0.29, 0.717) is 6.04 Å². The van der Waals surface area contributed by atoms with Crippen LogP contribution in [-0.2, 0) is 13.5 Å². The summed E-state index contributed by atoms with van der Waals surface area (Å²) in [6.07, 6.45) is 9.03. The van der Waals surface area contributed by atoms with E-state index in [1.54, 1.807) is 0 Å². The summed E-state index contributed by atoms with van der Waals surface area (Å²) in [5.41, 5.74) is -0.506. The fourth-order valence-electron chi connectivity index (χ4n) is 3.29. The van der Waals surface area contributed by atoms with E-state index >= 15 is 0 Å². The van der Waals surface area contributed by atoms with Crippen LogP contribution in [-0.4, -0.2) is 43.8 Å². The molecule has 1 aliphatic heterocycles. The second kappa shape index (κ2) is 4.35. The number of likely N-dealkylation sites (tertiary alicyclic amines) is 1. The number of hydrogen-bond acceptors (Lipinski definition) is 3. The highest BCUT2D eigenvalue weighted by Gasteiger charge is 2.45. The zero-order chi connectivity index (χ0) is 12.8. The summed E-state index contributed by atoms with van der Waals surface area (Å²) < 4.78 is 2.04. The predicted molar refractivity (Wildman–Crippen MR) is 70.3 cm³/mol. The van der Waals surface area contributed by atoms with Crippen molar-refractivity contribution in [1.82, 2.24) is 14.5 Å². The van der Waals surface area contributed by atoms with Gasteiger partial charge in [-0.25, -0.2) is 4.98 Å². The molecule has 2 fully saturated rings. The van der Waals surface area contributed by atoms with E-state index in [9.17, 15) is 5.11 Å². The maximum atomic E-state index is 10.7. The molecular formula is C14H23N3O. The SMILES string of the molecule is CC1CC(O)(CCc2nccn2C)CN1C1CC1. The normalized spacial score (nSPS) is 33.2. The van der Waals surface area contributed by atoms with Gasteiger partial charge in [-0.15, -0.1) is 0 Å². The van der Waals surface area contributed by atoms with E-state index < -0.39 is 5.60 Å². The number of rotatable bonds is 4. The molecule has 2 aliphatic rings. The van der Waals surface area contributed by atoms with Crippen LogP contribution in [0.4, 0.5) is 0 Å². The van der Waals surface area contributed by atoms with Crippen molar-refractivity contribution in [3.8, 4) is 0 Å². The topological polar surface area (TPSA) is 41.3 Å². The molecule has 0 aromatic carbocycles. The van der Waals surface area contributed by atoms with E-state index in [4.69, 9.17) is 0 Å². The molecule has 2 heterocycles. The number of aromatic nitrogens is 2. The summed E-state index contributed by atoms with van der Waals surface area (Å²) in [4.78, 5) is 6.83. The largest absolute Gasteiger partial charge is 0.388 e. The van der Waals surface area contributed by atoms with Crippen molar-refractivity contribution in [1.29, 1.82) is 0 Å². The van der Waals surface area contributed by atoms with E-state index in [2.05, 4.69) is 16.8 Å². The van der Waals surface area contributed by atoms with Crippen molar-refractivity contribution in [2.24, 2.45) is 7.05 Å². The van der Waals surface area contributed by atoms with Gasteiger partial charge < -0.3 is 9.67 Å². The smallest absolute Gasteiger partial charge is 0.108 e. The van der Waals surface area contributed by atoms with Crippen LogP contribution in [0.3, 0.4) is 0 Å². The fourth-order valence-corrected chi connectivity index (χ4v) is 3.29. The molecule has 1 saturated carbocycles. The van der Waals surface area contributed by atoms with Crippen LogP contribution in [0.25, 0.3) is 0 Å². The molecule has 3 rings (SSSR count). The number of nitrogens with zero attached hydrogens (tertiary/aromatic N) is 3. The van der Waals surface area contributed by atoms with Crippen molar-refractivity contribution in [2.45, 2.75) is 56.7 Å². The Kier molecular flexibility index (Phi) is 2.94. The molecule has 2 unspecified atom stereocenters. The first-order valence-electron chi connectivity index (χ1n) is 7.02. The minimum Gasteiger partial charge on any atom is -0.388 e. The van der Waals surface area contributed by atoms with Gasteiger partial charge in [0, 0.05) is 44.5 Å². The first-order chi connectivity index (χ1) is 8.57.